The lowest BCUT2D eigenvalue weighted by molar-refractivity contribution is -0.254. The number of carbonyl (C=O) groups is 4. The maximum atomic E-state index is 11.8. The van der Waals surface area contributed by atoms with Crippen LogP contribution in [0, 0.1) is 0 Å². The smallest absolute Gasteiger partial charge is 0.303 e. The van der Waals surface area contributed by atoms with Gasteiger partial charge in [-0.25, -0.2) is 0 Å². The summed E-state index contributed by atoms with van der Waals surface area (Å²) in [4.78, 5) is 46.4. The molecular weight excluding hydrogens is 404 g/mol. The molecule has 0 radical (unpaired) electrons. The van der Waals surface area contributed by atoms with Gasteiger partial charge in [-0.05, 0) is 6.42 Å². The van der Waals surface area contributed by atoms with Crippen molar-refractivity contribution in [2.75, 3.05) is 19.8 Å². The molecule has 2 saturated heterocycles. The Hall–Kier alpha value is -2.24. The molecule has 11 nitrogen and oxygen atoms in total. The van der Waals surface area contributed by atoms with Crippen molar-refractivity contribution in [3.05, 3.63) is 0 Å². The van der Waals surface area contributed by atoms with Gasteiger partial charge in [0.25, 0.3) is 0 Å². The molecule has 5 atom stereocenters. The average molecular weight is 432 g/mol. The fourth-order valence-corrected chi connectivity index (χ4v) is 3.42. The van der Waals surface area contributed by atoms with Crippen LogP contribution in [0.25, 0.3) is 0 Å². The summed E-state index contributed by atoms with van der Waals surface area (Å²) in [5.41, 5.74) is 0. The number of ether oxygens (including phenoxy) is 7. The lowest BCUT2D eigenvalue weighted by atomic mass is 9.92. The van der Waals surface area contributed by atoms with Gasteiger partial charge in [-0.1, -0.05) is 0 Å². The molecule has 0 saturated carbocycles. The van der Waals surface area contributed by atoms with Crippen molar-refractivity contribution in [1.82, 2.24) is 0 Å². The van der Waals surface area contributed by atoms with E-state index in [2.05, 4.69) is 0 Å². The molecule has 0 aromatic heterocycles. The minimum Gasteiger partial charge on any atom is -0.463 e. The van der Waals surface area contributed by atoms with E-state index < -0.39 is 60.7 Å². The summed E-state index contributed by atoms with van der Waals surface area (Å²) in [6.45, 7) is 5.49. The first kappa shape index (κ1) is 24.0. The number of hydrogen-bond donors (Lipinski definition) is 0. The summed E-state index contributed by atoms with van der Waals surface area (Å²) in [5.74, 6) is -2.51. The van der Waals surface area contributed by atoms with Crippen molar-refractivity contribution < 1.29 is 52.3 Å². The van der Waals surface area contributed by atoms with Crippen molar-refractivity contribution in [3.8, 4) is 0 Å². The molecule has 0 spiro atoms. The van der Waals surface area contributed by atoms with Gasteiger partial charge in [-0.3, -0.25) is 19.2 Å². The SMILES string of the molecule is CC(=O)OC[C@H]1O[C@H](CCC2OCCO2)[C@@H](OC(C)=O)[C@@H](OC(C)=O)[C@@H]1OC(C)=O. The number of rotatable bonds is 8. The zero-order valence-electron chi connectivity index (χ0n) is 17.5. The quantitative estimate of drug-likeness (QED) is 0.386. The number of hydrogen-bond acceptors (Lipinski definition) is 11. The Balaban J connectivity index is 2.29. The molecular formula is C19H28O11. The van der Waals surface area contributed by atoms with E-state index in [9.17, 15) is 19.2 Å². The first-order chi connectivity index (χ1) is 14.2. The highest BCUT2D eigenvalue weighted by atomic mass is 16.7. The Morgan fingerprint density at radius 2 is 1.20 bits per heavy atom. The highest BCUT2D eigenvalue weighted by Gasteiger charge is 2.52. The summed E-state index contributed by atoms with van der Waals surface area (Å²) in [6, 6.07) is 0. The molecule has 30 heavy (non-hydrogen) atoms. The Morgan fingerprint density at radius 1 is 0.700 bits per heavy atom. The minimum atomic E-state index is -1.15. The molecule has 2 fully saturated rings. The molecule has 0 aliphatic carbocycles. The maximum Gasteiger partial charge on any atom is 0.303 e. The largest absolute Gasteiger partial charge is 0.463 e. The summed E-state index contributed by atoms with van der Waals surface area (Å²) < 4.78 is 38.0. The first-order valence-corrected chi connectivity index (χ1v) is 9.71. The van der Waals surface area contributed by atoms with Crippen LogP contribution in [0.2, 0.25) is 0 Å². The second kappa shape index (κ2) is 11.2. The van der Waals surface area contributed by atoms with E-state index in [-0.39, 0.29) is 6.61 Å². The normalized spacial score (nSPS) is 29.1. The molecule has 0 aromatic carbocycles. The van der Waals surface area contributed by atoms with Crippen LogP contribution >= 0.6 is 0 Å². The van der Waals surface area contributed by atoms with Crippen LogP contribution in [0.3, 0.4) is 0 Å². The topological polar surface area (TPSA) is 133 Å². The van der Waals surface area contributed by atoms with Gasteiger partial charge in [0.05, 0.1) is 19.3 Å². The third-order valence-electron chi connectivity index (χ3n) is 4.46. The maximum absolute atomic E-state index is 11.8. The Morgan fingerprint density at radius 3 is 1.70 bits per heavy atom. The third kappa shape index (κ3) is 7.22. The third-order valence-corrected chi connectivity index (χ3v) is 4.46. The van der Waals surface area contributed by atoms with Crippen LogP contribution in [0.1, 0.15) is 40.5 Å². The molecule has 0 amide bonds. The van der Waals surface area contributed by atoms with Gasteiger partial charge in [-0.15, -0.1) is 0 Å². The van der Waals surface area contributed by atoms with Gasteiger partial charge in [-0.2, -0.15) is 0 Å². The second-order valence-electron chi connectivity index (χ2n) is 6.99. The number of esters is 4. The minimum absolute atomic E-state index is 0.245. The lowest BCUT2D eigenvalue weighted by Gasteiger charge is -2.44. The Labute approximate surface area is 174 Å². The van der Waals surface area contributed by atoms with Crippen LogP contribution < -0.4 is 0 Å². The van der Waals surface area contributed by atoms with Gasteiger partial charge >= 0.3 is 23.9 Å². The van der Waals surface area contributed by atoms with Crippen LogP contribution in [0.4, 0.5) is 0 Å². The van der Waals surface area contributed by atoms with Crippen molar-refractivity contribution in [1.29, 1.82) is 0 Å². The Bertz CT molecular complexity index is 628. The predicted octanol–water partition coefficient (Wildman–Crippen LogP) is 0.265. The fourth-order valence-electron chi connectivity index (χ4n) is 3.42. The molecule has 170 valence electrons. The zero-order valence-corrected chi connectivity index (χ0v) is 17.5. The van der Waals surface area contributed by atoms with Gasteiger partial charge in [0.15, 0.2) is 24.6 Å². The monoisotopic (exact) mass is 432 g/mol. The summed E-state index contributed by atoms with van der Waals surface area (Å²) >= 11 is 0. The molecule has 2 aliphatic heterocycles. The molecule has 2 aliphatic rings. The van der Waals surface area contributed by atoms with Gasteiger partial charge in [0.2, 0.25) is 0 Å². The van der Waals surface area contributed by atoms with E-state index in [1.165, 1.54) is 27.7 Å². The summed E-state index contributed by atoms with van der Waals surface area (Å²) in [5, 5.41) is 0. The average Bonchev–Trinajstić information content (AvgIpc) is 3.15. The van der Waals surface area contributed by atoms with Crippen molar-refractivity contribution in [2.24, 2.45) is 0 Å². The van der Waals surface area contributed by atoms with E-state index >= 15 is 0 Å². The Kier molecular flexibility index (Phi) is 9.00. The molecule has 2 heterocycles. The first-order valence-electron chi connectivity index (χ1n) is 9.71. The van der Waals surface area contributed by atoms with Gasteiger partial charge < -0.3 is 33.2 Å². The molecule has 11 heteroatoms. The van der Waals surface area contributed by atoms with E-state index in [0.29, 0.717) is 26.1 Å². The van der Waals surface area contributed by atoms with Crippen LogP contribution in [0.5, 0.6) is 0 Å². The predicted molar refractivity (Wildman–Crippen MR) is 96.9 cm³/mol. The molecule has 0 unspecified atom stereocenters. The summed E-state index contributed by atoms with van der Waals surface area (Å²) in [6.07, 6.45) is -4.73. The van der Waals surface area contributed by atoms with Crippen LogP contribution in [-0.2, 0) is 52.3 Å². The van der Waals surface area contributed by atoms with Crippen molar-refractivity contribution in [2.45, 2.75) is 77.3 Å². The molecule has 2 rings (SSSR count). The zero-order chi connectivity index (χ0) is 22.3. The number of carbonyl (C=O) groups excluding carboxylic acids is 4. The van der Waals surface area contributed by atoms with E-state index in [0.717, 1.165) is 0 Å². The highest BCUT2D eigenvalue weighted by molar-refractivity contribution is 5.68. The van der Waals surface area contributed by atoms with Crippen molar-refractivity contribution >= 4 is 23.9 Å². The second-order valence-corrected chi connectivity index (χ2v) is 6.99. The van der Waals surface area contributed by atoms with Crippen LogP contribution in [0.15, 0.2) is 0 Å². The van der Waals surface area contributed by atoms with E-state index in [4.69, 9.17) is 33.2 Å². The fraction of sp³-hybridized carbons (Fsp3) is 0.789. The highest BCUT2D eigenvalue weighted by Crippen LogP contribution is 2.32. The molecule has 0 aromatic rings. The standard InChI is InChI=1S/C19H28O11/c1-10(20)26-9-15-18(28-12(3)22)19(29-13(4)23)17(27-11(2)21)14(30-15)5-6-16-24-7-8-25-16/h14-19H,5-9H2,1-4H3/t14-,15-,17-,18-,19-/m1/s1. The van der Waals surface area contributed by atoms with E-state index in [1.807, 2.05) is 0 Å². The van der Waals surface area contributed by atoms with Gasteiger partial charge in [0.1, 0.15) is 12.7 Å². The summed E-state index contributed by atoms with van der Waals surface area (Å²) in [7, 11) is 0. The molecule has 0 N–H and O–H groups in total. The molecule has 0 bridgehead atoms. The van der Waals surface area contributed by atoms with Crippen LogP contribution in [-0.4, -0.2) is 80.5 Å². The lowest BCUT2D eigenvalue weighted by Crippen LogP contribution is -2.62. The van der Waals surface area contributed by atoms with Gasteiger partial charge in [0, 0.05) is 34.1 Å². The van der Waals surface area contributed by atoms with Crippen molar-refractivity contribution in [3.63, 3.8) is 0 Å². The van der Waals surface area contributed by atoms with E-state index in [1.54, 1.807) is 0 Å².